The summed E-state index contributed by atoms with van der Waals surface area (Å²) in [7, 11) is -0.755. The first kappa shape index (κ1) is 14.3. The fourth-order valence-electron chi connectivity index (χ4n) is 3.73. The van der Waals surface area contributed by atoms with Gasteiger partial charge in [0.1, 0.15) is 5.82 Å². The van der Waals surface area contributed by atoms with Crippen molar-refractivity contribution in [1.29, 1.82) is 0 Å². The van der Waals surface area contributed by atoms with E-state index in [-0.39, 0.29) is 0 Å². The van der Waals surface area contributed by atoms with Crippen molar-refractivity contribution in [3.63, 3.8) is 0 Å². The molecule has 2 atom stereocenters. The standard InChI is InChI=1S/C15H25N3OS/c1-11(10-20(2)19)18-14-7-8-16-9-13(14)17-15(18)12-5-3-4-6-12/h11-12,16H,3-10H2,1-2H3. The highest BCUT2D eigenvalue weighted by molar-refractivity contribution is 7.84. The highest BCUT2D eigenvalue weighted by Crippen LogP contribution is 2.36. The molecule has 0 aromatic carbocycles. The summed E-state index contributed by atoms with van der Waals surface area (Å²) in [6.07, 6.45) is 8.05. The SMILES string of the molecule is CC(CS(C)=O)n1c(C2CCCC2)nc2c1CCNC2. The van der Waals surface area contributed by atoms with E-state index in [1.165, 1.54) is 42.9 Å². The van der Waals surface area contributed by atoms with Crippen molar-refractivity contribution in [2.24, 2.45) is 0 Å². The molecule has 0 amide bonds. The molecule has 112 valence electrons. The molecular weight excluding hydrogens is 270 g/mol. The number of rotatable bonds is 4. The molecule has 20 heavy (non-hydrogen) atoms. The van der Waals surface area contributed by atoms with Crippen LogP contribution in [0.2, 0.25) is 0 Å². The minimum atomic E-state index is -0.755. The summed E-state index contributed by atoms with van der Waals surface area (Å²) >= 11 is 0. The monoisotopic (exact) mass is 295 g/mol. The highest BCUT2D eigenvalue weighted by atomic mass is 32.2. The van der Waals surface area contributed by atoms with E-state index in [0.717, 1.165) is 25.3 Å². The van der Waals surface area contributed by atoms with Crippen molar-refractivity contribution < 1.29 is 4.21 Å². The van der Waals surface area contributed by atoms with Crippen LogP contribution >= 0.6 is 0 Å². The Labute approximate surface area is 123 Å². The normalized spacial score (nSPS) is 22.7. The van der Waals surface area contributed by atoms with Crippen LogP contribution in [-0.4, -0.2) is 32.3 Å². The smallest absolute Gasteiger partial charge is 0.112 e. The van der Waals surface area contributed by atoms with E-state index in [4.69, 9.17) is 4.98 Å². The summed E-state index contributed by atoms with van der Waals surface area (Å²) in [4.78, 5) is 4.96. The molecule has 3 rings (SSSR count). The molecule has 0 spiro atoms. The Morgan fingerprint density at radius 1 is 1.45 bits per heavy atom. The molecule has 1 saturated carbocycles. The minimum Gasteiger partial charge on any atom is -0.328 e. The van der Waals surface area contributed by atoms with Crippen molar-refractivity contribution >= 4 is 10.8 Å². The van der Waals surface area contributed by atoms with Gasteiger partial charge in [-0.3, -0.25) is 4.21 Å². The Balaban J connectivity index is 1.98. The van der Waals surface area contributed by atoms with Crippen LogP contribution in [0, 0.1) is 0 Å². The summed E-state index contributed by atoms with van der Waals surface area (Å²) in [6, 6.07) is 0.297. The van der Waals surface area contributed by atoms with Crippen LogP contribution in [0.1, 0.15) is 61.8 Å². The van der Waals surface area contributed by atoms with Gasteiger partial charge >= 0.3 is 0 Å². The lowest BCUT2D eigenvalue weighted by atomic mass is 10.1. The van der Waals surface area contributed by atoms with E-state index in [1.54, 1.807) is 6.26 Å². The fourth-order valence-corrected chi connectivity index (χ4v) is 4.56. The van der Waals surface area contributed by atoms with Gasteiger partial charge in [0, 0.05) is 60.0 Å². The number of nitrogens with one attached hydrogen (secondary N) is 1. The van der Waals surface area contributed by atoms with E-state index in [0.29, 0.717) is 12.0 Å². The maximum atomic E-state index is 11.6. The topological polar surface area (TPSA) is 46.9 Å². The summed E-state index contributed by atoms with van der Waals surface area (Å²) in [6.45, 7) is 4.12. The van der Waals surface area contributed by atoms with Crippen molar-refractivity contribution in [3.05, 3.63) is 17.2 Å². The predicted molar refractivity (Wildman–Crippen MR) is 82.5 cm³/mol. The molecule has 4 nitrogen and oxygen atoms in total. The van der Waals surface area contributed by atoms with Gasteiger partial charge in [0.25, 0.3) is 0 Å². The molecule has 1 aromatic heterocycles. The minimum absolute atomic E-state index is 0.297. The average Bonchev–Trinajstić information content (AvgIpc) is 3.04. The van der Waals surface area contributed by atoms with Gasteiger partial charge in [-0.1, -0.05) is 12.8 Å². The summed E-state index contributed by atoms with van der Waals surface area (Å²) in [5.74, 6) is 2.62. The molecule has 0 bridgehead atoms. The quantitative estimate of drug-likeness (QED) is 0.925. The van der Waals surface area contributed by atoms with Gasteiger partial charge in [-0.2, -0.15) is 0 Å². The Morgan fingerprint density at radius 3 is 2.90 bits per heavy atom. The van der Waals surface area contributed by atoms with Crippen molar-refractivity contribution in [2.45, 2.75) is 57.5 Å². The predicted octanol–water partition coefficient (Wildman–Crippen LogP) is 2.13. The number of hydrogen-bond acceptors (Lipinski definition) is 3. The number of aromatic nitrogens is 2. The van der Waals surface area contributed by atoms with Crippen molar-refractivity contribution in [1.82, 2.24) is 14.9 Å². The van der Waals surface area contributed by atoms with Crippen LogP contribution < -0.4 is 5.32 Å². The van der Waals surface area contributed by atoms with Gasteiger partial charge in [0.2, 0.25) is 0 Å². The second kappa shape index (κ2) is 5.98. The number of fused-ring (bicyclic) bond motifs is 1. The maximum absolute atomic E-state index is 11.6. The average molecular weight is 295 g/mol. The molecule has 2 unspecified atom stereocenters. The lowest BCUT2D eigenvalue weighted by Gasteiger charge is -2.23. The first-order chi connectivity index (χ1) is 9.66. The molecule has 5 heteroatoms. The Bertz CT molecular complexity index is 505. The van der Waals surface area contributed by atoms with Crippen LogP contribution in [-0.2, 0) is 23.8 Å². The molecule has 0 radical (unpaired) electrons. The molecule has 1 aromatic rings. The highest BCUT2D eigenvalue weighted by Gasteiger charge is 2.29. The molecule has 1 aliphatic heterocycles. The van der Waals surface area contributed by atoms with Crippen LogP contribution in [0.25, 0.3) is 0 Å². The van der Waals surface area contributed by atoms with Gasteiger partial charge < -0.3 is 9.88 Å². The van der Waals surface area contributed by atoms with Crippen LogP contribution in [0.5, 0.6) is 0 Å². The van der Waals surface area contributed by atoms with E-state index < -0.39 is 10.8 Å². The number of imidazole rings is 1. The van der Waals surface area contributed by atoms with E-state index in [2.05, 4.69) is 16.8 Å². The van der Waals surface area contributed by atoms with Gasteiger partial charge in [-0.25, -0.2) is 4.98 Å². The number of nitrogens with zero attached hydrogens (tertiary/aromatic N) is 2. The van der Waals surface area contributed by atoms with E-state index in [1.807, 2.05) is 0 Å². The van der Waals surface area contributed by atoms with Crippen LogP contribution in [0.4, 0.5) is 0 Å². The Morgan fingerprint density at radius 2 is 2.20 bits per heavy atom. The second-order valence-electron chi connectivity index (χ2n) is 6.23. The van der Waals surface area contributed by atoms with Crippen LogP contribution in [0.15, 0.2) is 0 Å². The van der Waals surface area contributed by atoms with Crippen molar-refractivity contribution in [3.8, 4) is 0 Å². The van der Waals surface area contributed by atoms with E-state index >= 15 is 0 Å². The molecular formula is C15H25N3OS. The molecule has 1 fully saturated rings. The second-order valence-corrected chi connectivity index (χ2v) is 7.71. The van der Waals surface area contributed by atoms with Gasteiger partial charge in [0.15, 0.2) is 0 Å². The third-order valence-electron chi connectivity index (χ3n) is 4.59. The lowest BCUT2D eigenvalue weighted by Crippen LogP contribution is -2.27. The van der Waals surface area contributed by atoms with E-state index in [9.17, 15) is 4.21 Å². The lowest BCUT2D eigenvalue weighted by molar-refractivity contribution is 0.504. The molecule has 1 aliphatic carbocycles. The zero-order valence-electron chi connectivity index (χ0n) is 12.5. The van der Waals surface area contributed by atoms with Gasteiger partial charge in [-0.15, -0.1) is 0 Å². The largest absolute Gasteiger partial charge is 0.328 e. The third-order valence-corrected chi connectivity index (χ3v) is 5.54. The fraction of sp³-hybridized carbons (Fsp3) is 0.800. The first-order valence-electron chi connectivity index (χ1n) is 7.77. The van der Waals surface area contributed by atoms with Crippen LogP contribution in [0.3, 0.4) is 0 Å². The molecule has 1 N–H and O–H groups in total. The van der Waals surface area contributed by atoms with Crippen molar-refractivity contribution in [2.75, 3.05) is 18.6 Å². The summed E-state index contributed by atoms with van der Waals surface area (Å²) in [5, 5.41) is 3.42. The van der Waals surface area contributed by atoms with Gasteiger partial charge in [-0.05, 0) is 19.8 Å². The third kappa shape index (κ3) is 2.70. The first-order valence-corrected chi connectivity index (χ1v) is 9.50. The zero-order valence-corrected chi connectivity index (χ0v) is 13.3. The molecule has 2 aliphatic rings. The number of hydrogen-bond donors (Lipinski definition) is 1. The maximum Gasteiger partial charge on any atom is 0.112 e. The zero-order chi connectivity index (χ0) is 14.1. The molecule has 2 heterocycles. The summed E-state index contributed by atoms with van der Waals surface area (Å²) < 4.78 is 14.1. The van der Waals surface area contributed by atoms with Gasteiger partial charge in [0.05, 0.1) is 5.69 Å². The molecule has 0 saturated heterocycles. The summed E-state index contributed by atoms with van der Waals surface area (Å²) in [5.41, 5.74) is 2.62. The Hall–Kier alpha value is -0.680. The Kier molecular flexibility index (Phi) is 4.26.